The van der Waals surface area contributed by atoms with E-state index in [4.69, 9.17) is 11.6 Å². The molecule has 1 atom stereocenters. The maximum atomic E-state index is 6.10. The maximum Gasteiger partial charge on any atom is 0.0551 e. The van der Waals surface area contributed by atoms with E-state index in [1.165, 1.54) is 37.7 Å². The van der Waals surface area contributed by atoms with Crippen molar-refractivity contribution in [2.24, 2.45) is 5.92 Å². The minimum absolute atomic E-state index is 0.604. The van der Waals surface area contributed by atoms with Crippen LogP contribution in [-0.4, -0.2) is 6.04 Å². The number of hydrogen-bond acceptors (Lipinski definition) is 1. The van der Waals surface area contributed by atoms with Gasteiger partial charge in [-0.1, -0.05) is 36.9 Å². The largest absolute Gasteiger partial charge is 0.310 e. The second-order valence-electron chi connectivity index (χ2n) is 5.32. The van der Waals surface area contributed by atoms with Crippen LogP contribution in [0.4, 0.5) is 0 Å². The number of benzene rings is 1. The van der Waals surface area contributed by atoms with Gasteiger partial charge >= 0.3 is 0 Å². The molecule has 1 fully saturated rings. The number of halogens is 2. The van der Waals surface area contributed by atoms with Crippen molar-refractivity contribution >= 4 is 27.5 Å². The molecule has 0 amide bonds. The van der Waals surface area contributed by atoms with Crippen LogP contribution in [-0.2, 0) is 6.54 Å². The summed E-state index contributed by atoms with van der Waals surface area (Å²) in [6, 6.07) is 6.78. The Morgan fingerprint density at radius 2 is 2.06 bits per heavy atom. The predicted molar refractivity (Wildman–Crippen MR) is 82.0 cm³/mol. The molecule has 1 aliphatic carbocycles. The summed E-state index contributed by atoms with van der Waals surface area (Å²) in [5.74, 6) is 0.852. The van der Waals surface area contributed by atoms with Crippen molar-refractivity contribution in [2.75, 3.05) is 0 Å². The topological polar surface area (TPSA) is 12.0 Å². The van der Waals surface area contributed by atoms with Crippen LogP contribution in [0.25, 0.3) is 0 Å². The molecule has 0 aromatic heterocycles. The van der Waals surface area contributed by atoms with Crippen molar-refractivity contribution in [3.8, 4) is 0 Å². The monoisotopic (exact) mass is 329 g/mol. The lowest BCUT2D eigenvalue weighted by Crippen LogP contribution is -2.34. The van der Waals surface area contributed by atoms with Gasteiger partial charge < -0.3 is 5.32 Å². The molecule has 3 heteroatoms. The summed E-state index contributed by atoms with van der Waals surface area (Å²) >= 11 is 9.52. The average Bonchev–Trinajstić information content (AvgIpc) is 2.41. The summed E-state index contributed by atoms with van der Waals surface area (Å²) in [7, 11) is 0. The quantitative estimate of drug-likeness (QED) is 0.804. The van der Waals surface area contributed by atoms with Gasteiger partial charge in [-0.2, -0.15) is 0 Å². The van der Waals surface area contributed by atoms with E-state index in [0.29, 0.717) is 6.04 Å². The zero-order chi connectivity index (χ0) is 13.0. The molecule has 0 saturated heterocycles. The predicted octanol–water partition coefficient (Wildman–Crippen LogP) is 5.16. The van der Waals surface area contributed by atoms with Crippen molar-refractivity contribution in [2.45, 2.75) is 51.6 Å². The summed E-state index contributed by atoms with van der Waals surface area (Å²) < 4.78 is 0.966. The fourth-order valence-electron chi connectivity index (χ4n) is 2.73. The van der Waals surface area contributed by atoms with Gasteiger partial charge in [0, 0.05) is 17.1 Å². The second kappa shape index (κ2) is 6.93. The summed E-state index contributed by atoms with van der Waals surface area (Å²) in [5.41, 5.74) is 1.26. The molecule has 1 N–H and O–H groups in total. The Balaban J connectivity index is 1.84. The highest BCUT2D eigenvalue weighted by Gasteiger charge is 2.19. The summed E-state index contributed by atoms with van der Waals surface area (Å²) in [5, 5.41) is 4.43. The van der Waals surface area contributed by atoms with Gasteiger partial charge in [-0.3, -0.25) is 0 Å². The van der Waals surface area contributed by atoms with E-state index in [0.717, 1.165) is 22.0 Å². The first-order valence-electron chi connectivity index (χ1n) is 6.84. The summed E-state index contributed by atoms with van der Waals surface area (Å²) in [6.45, 7) is 3.22. The Kier molecular flexibility index (Phi) is 5.53. The van der Waals surface area contributed by atoms with Crippen molar-refractivity contribution in [3.05, 3.63) is 33.3 Å². The van der Waals surface area contributed by atoms with Crippen molar-refractivity contribution < 1.29 is 0 Å². The van der Waals surface area contributed by atoms with E-state index < -0.39 is 0 Å². The first-order chi connectivity index (χ1) is 8.66. The molecular formula is C15H21BrClN. The Hall–Kier alpha value is -0.0500. The van der Waals surface area contributed by atoms with Gasteiger partial charge in [0.2, 0.25) is 0 Å². The molecule has 100 valence electrons. The van der Waals surface area contributed by atoms with Gasteiger partial charge in [-0.05, 0) is 59.3 Å². The molecule has 0 spiro atoms. The first kappa shape index (κ1) is 14.4. The van der Waals surface area contributed by atoms with Crippen LogP contribution in [0.2, 0.25) is 5.02 Å². The first-order valence-corrected chi connectivity index (χ1v) is 8.01. The van der Waals surface area contributed by atoms with Crippen LogP contribution in [0, 0.1) is 5.92 Å². The van der Waals surface area contributed by atoms with E-state index in [1.54, 1.807) is 0 Å². The van der Waals surface area contributed by atoms with E-state index in [9.17, 15) is 0 Å². The minimum atomic E-state index is 0.604. The third kappa shape index (κ3) is 3.97. The molecule has 1 aliphatic rings. The molecular weight excluding hydrogens is 310 g/mol. The highest BCUT2D eigenvalue weighted by atomic mass is 79.9. The molecule has 1 aromatic carbocycles. The van der Waals surface area contributed by atoms with Crippen molar-refractivity contribution in [1.82, 2.24) is 5.32 Å². The molecule has 18 heavy (non-hydrogen) atoms. The molecule has 1 saturated carbocycles. The van der Waals surface area contributed by atoms with Crippen LogP contribution in [0.5, 0.6) is 0 Å². The lowest BCUT2D eigenvalue weighted by Gasteiger charge is -2.28. The summed E-state index contributed by atoms with van der Waals surface area (Å²) in [4.78, 5) is 0. The molecule has 0 aliphatic heterocycles. The molecule has 2 rings (SSSR count). The molecule has 1 aromatic rings. The SMILES string of the molecule is CC(NCc1ccc(Br)c(Cl)c1)C1CCCCC1. The Morgan fingerprint density at radius 3 is 2.72 bits per heavy atom. The Bertz CT molecular complexity index is 388. The lowest BCUT2D eigenvalue weighted by atomic mass is 9.84. The van der Waals surface area contributed by atoms with Gasteiger partial charge in [0.05, 0.1) is 5.02 Å². The zero-order valence-corrected chi connectivity index (χ0v) is 13.2. The molecule has 0 bridgehead atoms. The Morgan fingerprint density at radius 1 is 1.33 bits per heavy atom. The van der Waals surface area contributed by atoms with Gasteiger partial charge in [0.25, 0.3) is 0 Å². The number of nitrogens with one attached hydrogen (secondary N) is 1. The lowest BCUT2D eigenvalue weighted by molar-refractivity contribution is 0.280. The van der Waals surface area contributed by atoms with Crippen LogP contribution >= 0.6 is 27.5 Å². The molecule has 0 radical (unpaired) electrons. The molecule has 1 unspecified atom stereocenters. The van der Waals surface area contributed by atoms with Crippen molar-refractivity contribution in [1.29, 1.82) is 0 Å². The highest BCUT2D eigenvalue weighted by molar-refractivity contribution is 9.10. The van der Waals surface area contributed by atoms with Gasteiger partial charge in [0.1, 0.15) is 0 Å². The van der Waals surface area contributed by atoms with E-state index >= 15 is 0 Å². The highest BCUT2D eigenvalue weighted by Crippen LogP contribution is 2.27. The minimum Gasteiger partial charge on any atom is -0.310 e. The fraction of sp³-hybridized carbons (Fsp3) is 0.600. The normalized spacial score (nSPS) is 18.8. The molecule has 1 nitrogen and oxygen atoms in total. The summed E-state index contributed by atoms with van der Waals surface area (Å²) in [6.07, 6.45) is 7.00. The van der Waals surface area contributed by atoms with Crippen LogP contribution < -0.4 is 5.32 Å². The number of hydrogen-bond donors (Lipinski definition) is 1. The van der Waals surface area contributed by atoms with Crippen LogP contribution in [0.15, 0.2) is 22.7 Å². The zero-order valence-electron chi connectivity index (χ0n) is 10.9. The Labute approximate surface area is 123 Å². The fourth-order valence-corrected chi connectivity index (χ4v) is 3.18. The van der Waals surface area contributed by atoms with E-state index in [1.807, 2.05) is 12.1 Å². The third-order valence-electron chi connectivity index (χ3n) is 3.97. The second-order valence-corrected chi connectivity index (χ2v) is 6.58. The van der Waals surface area contributed by atoms with Gasteiger partial charge in [0.15, 0.2) is 0 Å². The molecule has 0 heterocycles. The van der Waals surface area contributed by atoms with Crippen molar-refractivity contribution in [3.63, 3.8) is 0 Å². The van der Waals surface area contributed by atoms with Gasteiger partial charge in [-0.25, -0.2) is 0 Å². The number of rotatable bonds is 4. The standard InChI is InChI=1S/C15H21BrClN/c1-11(13-5-3-2-4-6-13)18-10-12-7-8-14(16)15(17)9-12/h7-9,11,13,18H,2-6,10H2,1H3. The van der Waals surface area contributed by atoms with E-state index in [-0.39, 0.29) is 0 Å². The average molecular weight is 331 g/mol. The van der Waals surface area contributed by atoms with Crippen LogP contribution in [0.1, 0.15) is 44.6 Å². The van der Waals surface area contributed by atoms with Gasteiger partial charge in [-0.15, -0.1) is 0 Å². The van der Waals surface area contributed by atoms with E-state index in [2.05, 4.69) is 34.2 Å². The van der Waals surface area contributed by atoms with Crippen LogP contribution in [0.3, 0.4) is 0 Å². The maximum absolute atomic E-state index is 6.10. The smallest absolute Gasteiger partial charge is 0.0551 e. The third-order valence-corrected chi connectivity index (χ3v) is 5.20.